The summed E-state index contributed by atoms with van der Waals surface area (Å²) in [4.78, 5) is 14.7. The second-order valence-corrected chi connectivity index (χ2v) is 6.93. The second-order valence-electron chi connectivity index (χ2n) is 6.93. The number of benzene rings is 1. The minimum absolute atomic E-state index is 0.146. The Morgan fingerprint density at radius 3 is 2.77 bits per heavy atom. The molecule has 1 aliphatic rings. The molecule has 1 amide bonds. The van der Waals surface area contributed by atoms with E-state index in [2.05, 4.69) is 17.4 Å². The molecular formula is C21H29N2O3+. The maximum Gasteiger partial charge on any atom is 0.278 e. The average Bonchev–Trinajstić information content (AvgIpc) is 3.31. The van der Waals surface area contributed by atoms with Crippen LogP contribution in [0.1, 0.15) is 29.9 Å². The Balaban J connectivity index is 1.54. The van der Waals surface area contributed by atoms with Gasteiger partial charge in [0.25, 0.3) is 5.91 Å². The molecule has 0 saturated carbocycles. The van der Waals surface area contributed by atoms with Crippen LogP contribution < -0.4 is 5.32 Å². The highest BCUT2D eigenvalue weighted by molar-refractivity contribution is 5.76. The topological polar surface area (TPSA) is 59.3 Å². The zero-order chi connectivity index (χ0) is 18.2. The fourth-order valence-corrected chi connectivity index (χ4v) is 3.31. The van der Waals surface area contributed by atoms with Crippen molar-refractivity contribution in [2.45, 2.75) is 38.8 Å². The third-order valence-electron chi connectivity index (χ3n) is 4.78. The Labute approximate surface area is 155 Å². The first-order chi connectivity index (χ1) is 12.7. The van der Waals surface area contributed by atoms with Gasteiger partial charge in [-0.1, -0.05) is 30.3 Å². The molecule has 0 aliphatic carbocycles. The number of nitrogens with two attached hydrogens (primary N) is 1. The van der Waals surface area contributed by atoms with Crippen LogP contribution in [0.4, 0.5) is 0 Å². The van der Waals surface area contributed by atoms with E-state index in [4.69, 9.17) is 9.15 Å². The minimum Gasteiger partial charge on any atom is -0.464 e. The molecular weight excluding hydrogens is 328 g/mol. The molecule has 0 unspecified atom stereocenters. The third-order valence-corrected chi connectivity index (χ3v) is 4.78. The first-order valence-electron chi connectivity index (χ1n) is 9.51. The van der Waals surface area contributed by atoms with E-state index in [0.29, 0.717) is 25.7 Å². The van der Waals surface area contributed by atoms with Gasteiger partial charge in [-0.25, -0.2) is 0 Å². The molecule has 2 heterocycles. The fraction of sp³-hybridized carbons (Fsp3) is 0.476. The fourth-order valence-electron chi connectivity index (χ4n) is 3.31. The lowest BCUT2D eigenvalue weighted by molar-refractivity contribution is -0.650. The van der Waals surface area contributed by atoms with Crippen LogP contribution in [0.25, 0.3) is 0 Å². The minimum atomic E-state index is 0.146. The van der Waals surface area contributed by atoms with Crippen LogP contribution in [0.5, 0.6) is 0 Å². The normalized spacial score (nSPS) is 16.7. The molecule has 1 aromatic carbocycles. The van der Waals surface area contributed by atoms with Gasteiger partial charge in [0.1, 0.15) is 24.2 Å². The van der Waals surface area contributed by atoms with E-state index in [9.17, 15) is 4.79 Å². The van der Waals surface area contributed by atoms with E-state index in [1.165, 1.54) is 5.56 Å². The number of furan rings is 1. The van der Waals surface area contributed by atoms with Crippen molar-refractivity contribution >= 4 is 5.91 Å². The lowest BCUT2D eigenvalue weighted by atomic mass is 10.1. The Bertz CT molecular complexity index is 678. The Morgan fingerprint density at radius 1 is 1.23 bits per heavy atom. The predicted octanol–water partition coefficient (Wildman–Crippen LogP) is 1.90. The van der Waals surface area contributed by atoms with Crippen LogP contribution in [0.3, 0.4) is 0 Å². The van der Waals surface area contributed by atoms with Crippen LogP contribution >= 0.6 is 0 Å². The van der Waals surface area contributed by atoms with Crippen LogP contribution in [0.2, 0.25) is 0 Å². The molecule has 0 spiro atoms. The molecule has 2 N–H and O–H groups in total. The van der Waals surface area contributed by atoms with Gasteiger partial charge in [-0.2, -0.15) is 0 Å². The molecule has 1 aromatic heterocycles. The Morgan fingerprint density at radius 2 is 2.08 bits per heavy atom. The van der Waals surface area contributed by atoms with Crippen molar-refractivity contribution in [3.8, 4) is 0 Å². The molecule has 26 heavy (non-hydrogen) atoms. The number of amides is 1. The summed E-state index contributed by atoms with van der Waals surface area (Å²) in [5, 5.41) is 2.07. The van der Waals surface area contributed by atoms with Crippen molar-refractivity contribution in [3.05, 3.63) is 59.5 Å². The summed E-state index contributed by atoms with van der Waals surface area (Å²) in [5.74, 6) is 1.86. The Hall–Kier alpha value is -2.11. The molecule has 140 valence electrons. The van der Waals surface area contributed by atoms with Crippen LogP contribution in [-0.4, -0.2) is 43.2 Å². The monoisotopic (exact) mass is 357 g/mol. The number of ether oxygens (including phenoxy) is 1. The standard InChI is InChI=1S/C21H28N2O3/c1-17-9-10-20(26-17)16-23(12-11-18-6-3-2-4-7-18)21(24)15-22-14-19-8-5-13-25-19/h2-4,6-7,9-10,19,22H,5,8,11-16H2,1H3/p+1/t19-/m0/s1. The molecule has 0 bridgehead atoms. The van der Waals surface area contributed by atoms with Crippen LogP contribution in [0.15, 0.2) is 46.9 Å². The molecule has 1 atom stereocenters. The maximum absolute atomic E-state index is 12.8. The number of carbonyl (C=O) groups is 1. The zero-order valence-electron chi connectivity index (χ0n) is 15.5. The van der Waals surface area contributed by atoms with Gasteiger partial charge in [-0.15, -0.1) is 0 Å². The summed E-state index contributed by atoms with van der Waals surface area (Å²) in [6.07, 6.45) is 3.38. The second kappa shape index (κ2) is 9.55. The molecule has 1 saturated heterocycles. The number of nitrogens with zero attached hydrogens (tertiary/aromatic N) is 1. The van der Waals surface area contributed by atoms with Crippen molar-refractivity contribution in [1.82, 2.24) is 4.90 Å². The SMILES string of the molecule is Cc1ccc(CN(CCc2ccccc2)C(=O)C[NH2+]C[C@@H]2CCCO2)o1. The molecule has 5 heteroatoms. The summed E-state index contributed by atoms with van der Waals surface area (Å²) in [7, 11) is 0. The molecule has 1 aliphatic heterocycles. The van der Waals surface area contributed by atoms with E-state index >= 15 is 0 Å². The van der Waals surface area contributed by atoms with Crippen molar-refractivity contribution in [1.29, 1.82) is 0 Å². The van der Waals surface area contributed by atoms with Gasteiger partial charge in [0.05, 0.1) is 6.54 Å². The Kier molecular flexibility index (Phi) is 6.86. The quantitative estimate of drug-likeness (QED) is 0.746. The average molecular weight is 357 g/mol. The number of rotatable bonds is 9. The zero-order valence-corrected chi connectivity index (χ0v) is 15.5. The summed E-state index contributed by atoms with van der Waals surface area (Å²) in [6.45, 7) is 5.30. The summed E-state index contributed by atoms with van der Waals surface area (Å²) >= 11 is 0. The van der Waals surface area contributed by atoms with Gasteiger partial charge in [0, 0.05) is 13.2 Å². The smallest absolute Gasteiger partial charge is 0.278 e. The van der Waals surface area contributed by atoms with Crippen molar-refractivity contribution in [2.24, 2.45) is 0 Å². The number of carbonyl (C=O) groups excluding carboxylic acids is 1. The lowest BCUT2D eigenvalue weighted by Crippen LogP contribution is -2.88. The van der Waals surface area contributed by atoms with E-state index in [1.807, 2.05) is 42.2 Å². The first-order valence-corrected chi connectivity index (χ1v) is 9.51. The predicted molar refractivity (Wildman–Crippen MR) is 99.6 cm³/mol. The van der Waals surface area contributed by atoms with Gasteiger partial charge in [-0.3, -0.25) is 4.79 Å². The van der Waals surface area contributed by atoms with Gasteiger partial charge in [-0.05, 0) is 43.9 Å². The van der Waals surface area contributed by atoms with Crippen LogP contribution in [-0.2, 0) is 22.5 Å². The number of aryl methyl sites for hydroxylation is 1. The summed E-state index contributed by atoms with van der Waals surface area (Å²) in [6, 6.07) is 14.2. The lowest BCUT2D eigenvalue weighted by Gasteiger charge is -2.21. The van der Waals surface area contributed by atoms with Crippen LogP contribution in [0, 0.1) is 6.92 Å². The van der Waals surface area contributed by atoms with Crippen molar-refractivity contribution in [2.75, 3.05) is 26.2 Å². The number of hydrogen-bond donors (Lipinski definition) is 1. The van der Waals surface area contributed by atoms with Gasteiger partial charge < -0.3 is 19.4 Å². The molecule has 1 fully saturated rings. The first kappa shape index (κ1) is 18.7. The molecule has 0 radical (unpaired) electrons. The maximum atomic E-state index is 12.8. The largest absolute Gasteiger partial charge is 0.464 e. The van der Waals surface area contributed by atoms with Gasteiger partial charge in [0.15, 0.2) is 6.54 Å². The highest BCUT2D eigenvalue weighted by atomic mass is 16.5. The molecule has 3 rings (SSSR count). The number of quaternary nitrogens is 1. The summed E-state index contributed by atoms with van der Waals surface area (Å²) in [5.41, 5.74) is 1.24. The highest BCUT2D eigenvalue weighted by Crippen LogP contribution is 2.11. The van der Waals surface area contributed by atoms with E-state index < -0.39 is 0 Å². The third kappa shape index (κ3) is 5.71. The molecule has 5 nitrogen and oxygen atoms in total. The van der Waals surface area contributed by atoms with E-state index in [0.717, 1.165) is 43.9 Å². The van der Waals surface area contributed by atoms with Gasteiger partial charge >= 0.3 is 0 Å². The van der Waals surface area contributed by atoms with Crippen molar-refractivity contribution < 1.29 is 19.3 Å². The van der Waals surface area contributed by atoms with E-state index in [-0.39, 0.29) is 5.91 Å². The van der Waals surface area contributed by atoms with Gasteiger partial charge in [0.2, 0.25) is 0 Å². The molecule has 2 aromatic rings. The summed E-state index contributed by atoms with van der Waals surface area (Å²) < 4.78 is 11.3. The van der Waals surface area contributed by atoms with E-state index in [1.54, 1.807) is 0 Å². The van der Waals surface area contributed by atoms with Crippen molar-refractivity contribution in [3.63, 3.8) is 0 Å². The highest BCUT2D eigenvalue weighted by Gasteiger charge is 2.20. The number of hydrogen-bond acceptors (Lipinski definition) is 3.